The molecular formula is C23H23N3O5. The van der Waals surface area contributed by atoms with Crippen molar-refractivity contribution in [2.75, 3.05) is 26.1 Å². The molecule has 3 aliphatic rings. The van der Waals surface area contributed by atoms with Gasteiger partial charge in [-0.3, -0.25) is 9.59 Å². The molecule has 5 rings (SSSR count). The fourth-order valence-corrected chi connectivity index (χ4v) is 5.29. The summed E-state index contributed by atoms with van der Waals surface area (Å²) in [4.78, 5) is 42.4. The highest BCUT2D eigenvalue weighted by Crippen LogP contribution is 2.57. The Labute approximate surface area is 179 Å². The van der Waals surface area contributed by atoms with Gasteiger partial charge in [0.25, 0.3) is 0 Å². The molecule has 160 valence electrons. The van der Waals surface area contributed by atoms with Crippen LogP contribution in [0, 0.1) is 5.92 Å². The monoisotopic (exact) mass is 421 g/mol. The zero-order chi connectivity index (χ0) is 21.8. The molecule has 2 aromatic rings. The molecule has 8 heteroatoms. The average molecular weight is 421 g/mol. The van der Waals surface area contributed by atoms with Crippen LogP contribution < -0.4 is 10.1 Å². The van der Waals surface area contributed by atoms with Crippen LogP contribution in [0.5, 0.6) is 5.75 Å². The fourth-order valence-electron chi connectivity index (χ4n) is 5.29. The number of ether oxygens (including phenoxy) is 2. The zero-order valence-corrected chi connectivity index (χ0v) is 17.3. The van der Waals surface area contributed by atoms with Gasteiger partial charge in [-0.2, -0.15) is 0 Å². The Kier molecular flexibility index (Phi) is 4.39. The maximum Gasteiger partial charge on any atom is 0.418 e. The normalized spacial score (nSPS) is 26.1. The van der Waals surface area contributed by atoms with Crippen molar-refractivity contribution in [3.63, 3.8) is 0 Å². The van der Waals surface area contributed by atoms with E-state index in [4.69, 9.17) is 9.47 Å². The lowest BCUT2D eigenvalue weighted by molar-refractivity contribution is -0.147. The summed E-state index contributed by atoms with van der Waals surface area (Å²) < 4.78 is 10.3. The first-order chi connectivity index (χ1) is 15.0. The highest BCUT2D eigenvalue weighted by Gasteiger charge is 2.69. The summed E-state index contributed by atoms with van der Waals surface area (Å²) in [6.45, 7) is 0.891. The van der Waals surface area contributed by atoms with Crippen molar-refractivity contribution < 1.29 is 23.9 Å². The lowest BCUT2D eigenvalue weighted by atomic mass is 9.67. The van der Waals surface area contributed by atoms with Crippen LogP contribution in [0.1, 0.15) is 17.5 Å². The van der Waals surface area contributed by atoms with E-state index in [-0.39, 0.29) is 5.91 Å². The van der Waals surface area contributed by atoms with Crippen molar-refractivity contribution in [1.82, 2.24) is 9.80 Å². The van der Waals surface area contributed by atoms with Crippen molar-refractivity contribution in [2.45, 2.75) is 24.5 Å². The quantitative estimate of drug-likeness (QED) is 0.766. The minimum atomic E-state index is -1.00. The van der Waals surface area contributed by atoms with Crippen LogP contribution in [0.4, 0.5) is 10.5 Å². The molecule has 31 heavy (non-hydrogen) atoms. The number of hydrogen-bond acceptors (Lipinski definition) is 6. The molecule has 3 aliphatic heterocycles. The minimum absolute atomic E-state index is 0.269. The molecule has 0 unspecified atom stereocenters. The van der Waals surface area contributed by atoms with Crippen LogP contribution in [0.15, 0.2) is 48.5 Å². The van der Waals surface area contributed by atoms with Crippen molar-refractivity contribution in [3.05, 3.63) is 59.7 Å². The first-order valence-electron chi connectivity index (χ1n) is 10.2. The highest BCUT2D eigenvalue weighted by atomic mass is 16.5. The average Bonchev–Trinajstić information content (AvgIpc) is 3.23. The Hall–Kier alpha value is -3.55. The van der Waals surface area contributed by atoms with Gasteiger partial charge in [0.1, 0.15) is 17.8 Å². The molecule has 8 nitrogen and oxygen atoms in total. The molecule has 3 heterocycles. The van der Waals surface area contributed by atoms with Crippen LogP contribution in [0.2, 0.25) is 0 Å². The van der Waals surface area contributed by atoms with Gasteiger partial charge in [0.05, 0.1) is 19.6 Å². The third kappa shape index (κ3) is 2.64. The second-order valence-corrected chi connectivity index (χ2v) is 8.11. The molecule has 3 amide bonds. The Morgan fingerprint density at radius 1 is 1.13 bits per heavy atom. The maximum absolute atomic E-state index is 13.6. The summed E-state index contributed by atoms with van der Waals surface area (Å²) in [5, 5.41) is 3.30. The molecule has 2 fully saturated rings. The summed E-state index contributed by atoms with van der Waals surface area (Å²) in [6, 6.07) is 15.2. The number of benzene rings is 2. The van der Waals surface area contributed by atoms with Gasteiger partial charge < -0.3 is 19.7 Å². The number of fused-ring (bicyclic) bond motifs is 1. The molecule has 1 spiro atoms. The van der Waals surface area contributed by atoms with Crippen LogP contribution in [0.3, 0.4) is 0 Å². The number of likely N-dealkylation sites (tertiary alicyclic amines) is 2. The molecule has 0 radical (unpaired) electrons. The fraction of sp³-hybridized carbons (Fsp3) is 0.348. The van der Waals surface area contributed by atoms with Gasteiger partial charge in [-0.15, -0.1) is 0 Å². The number of imide groups is 1. The third-order valence-electron chi connectivity index (χ3n) is 6.71. The number of hydrogen-bond donors (Lipinski definition) is 1. The van der Waals surface area contributed by atoms with E-state index in [2.05, 4.69) is 5.32 Å². The number of nitrogens with one attached hydrogen (secondary N) is 1. The lowest BCUT2D eigenvalue weighted by Gasteiger charge is -2.42. The first kappa shape index (κ1) is 19.4. The van der Waals surface area contributed by atoms with Crippen molar-refractivity contribution in [3.8, 4) is 5.75 Å². The number of amides is 3. The van der Waals surface area contributed by atoms with Crippen molar-refractivity contribution in [2.24, 2.45) is 5.92 Å². The first-order valence-corrected chi connectivity index (χ1v) is 10.2. The van der Waals surface area contributed by atoms with Gasteiger partial charge in [0, 0.05) is 18.8 Å². The molecule has 0 bridgehead atoms. The smallest absolute Gasteiger partial charge is 0.418 e. The van der Waals surface area contributed by atoms with E-state index in [9.17, 15) is 14.4 Å². The molecule has 2 saturated heterocycles. The van der Waals surface area contributed by atoms with E-state index in [1.54, 1.807) is 12.0 Å². The molecule has 1 N–H and O–H groups in total. The number of nitrogens with zero attached hydrogens (tertiary/aromatic N) is 2. The lowest BCUT2D eigenvalue weighted by Crippen LogP contribution is -2.55. The van der Waals surface area contributed by atoms with E-state index >= 15 is 0 Å². The third-order valence-corrected chi connectivity index (χ3v) is 6.71. The SMILES string of the molecule is COC(=O)N1C(=O)[C@@H]2C(=O)N(Cc3ccccc3)CC[C@@]23c2cc(OC)ccc2N[C@@H]13. The Balaban J connectivity index is 1.59. The van der Waals surface area contributed by atoms with E-state index in [0.29, 0.717) is 25.3 Å². The van der Waals surface area contributed by atoms with E-state index in [1.807, 2.05) is 48.5 Å². The van der Waals surface area contributed by atoms with Gasteiger partial charge in [-0.1, -0.05) is 30.3 Å². The maximum atomic E-state index is 13.6. The van der Waals surface area contributed by atoms with Crippen LogP contribution in [-0.4, -0.2) is 54.6 Å². The summed E-state index contributed by atoms with van der Waals surface area (Å²) in [5.74, 6) is -1.16. The number of methoxy groups -OCH3 is 2. The molecular weight excluding hydrogens is 398 g/mol. The number of piperidine rings is 1. The number of rotatable bonds is 3. The Morgan fingerprint density at radius 2 is 1.90 bits per heavy atom. The van der Waals surface area contributed by atoms with E-state index < -0.39 is 29.5 Å². The minimum Gasteiger partial charge on any atom is -0.497 e. The highest BCUT2D eigenvalue weighted by molar-refractivity contribution is 6.11. The van der Waals surface area contributed by atoms with Crippen LogP contribution in [-0.2, 0) is 26.3 Å². The standard InChI is InChI=1S/C23H23N3O5/c1-30-15-8-9-17-16(12-15)23-10-11-25(13-14-6-4-3-5-7-14)19(27)18(23)20(28)26(21(23)24-17)22(29)31-2/h3-9,12,18,21,24H,10-11,13H2,1-2H3/t18-,21-,23+/m0/s1. The Morgan fingerprint density at radius 3 is 2.61 bits per heavy atom. The number of carbonyl (C=O) groups is 3. The second-order valence-electron chi connectivity index (χ2n) is 8.11. The number of anilines is 1. The van der Waals surface area contributed by atoms with Crippen LogP contribution in [0.25, 0.3) is 0 Å². The predicted molar refractivity (Wildman–Crippen MR) is 111 cm³/mol. The van der Waals surface area contributed by atoms with Gasteiger partial charge in [0.2, 0.25) is 11.8 Å². The second kappa shape index (κ2) is 7.01. The predicted octanol–water partition coefficient (Wildman–Crippen LogP) is 2.34. The van der Waals surface area contributed by atoms with E-state index in [0.717, 1.165) is 21.7 Å². The molecule has 2 aromatic carbocycles. The topological polar surface area (TPSA) is 88.2 Å². The summed E-state index contributed by atoms with van der Waals surface area (Å²) in [6.07, 6.45) is -0.909. The molecule has 0 saturated carbocycles. The Bertz CT molecular complexity index is 1070. The summed E-state index contributed by atoms with van der Waals surface area (Å²) >= 11 is 0. The zero-order valence-electron chi connectivity index (χ0n) is 17.3. The van der Waals surface area contributed by atoms with E-state index in [1.165, 1.54) is 7.11 Å². The van der Waals surface area contributed by atoms with Gasteiger partial charge >= 0.3 is 6.09 Å². The summed E-state index contributed by atoms with van der Waals surface area (Å²) in [5.41, 5.74) is 1.75. The van der Waals surface area contributed by atoms with Gasteiger partial charge in [-0.05, 0) is 35.7 Å². The number of carbonyl (C=O) groups excluding carboxylic acids is 3. The van der Waals surface area contributed by atoms with Gasteiger partial charge in [0.15, 0.2) is 0 Å². The largest absolute Gasteiger partial charge is 0.497 e. The molecule has 3 atom stereocenters. The summed E-state index contributed by atoms with van der Waals surface area (Å²) in [7, 11) is 2.81. The van der Waals surface area contributed by atoms with Crippen LogP contribution >= 0.6 is 0 Å². The molecule has 0 aromatic heterocycles. The van der Waals surface area contributed by atoms with Crippen molar-refractivity contribution in [1.29, 1.82) is 0 Å². The van der Waals surface area contributed by atoms with Gasteiger partial charge in [-0.25, -0.2) is 9.69 Å². The van der Waals surface area contributed by atoms with Crippen molar-refractivity contribution >= 4 is 23.6 Å². The molecule has 0 aliphatic carbocycles.